The molecule has 9 nitrogen and oxygen atoms in total. The van der Waals surface area contributed by atoms with Gasteiger partial charge in [-0.1, -0.05) is 0 Å². The number of amides is 3. The minimum atomic E-state index is -0.490. The molecule has 3 rings (SSSR count). The van der Waals surface area contributed by atoms with Crippen molar-refractivity contribution in [2.24, 2.45) is 0 Å². The number of rotatable bonds is 3. The maximum absolute atomic E-state index is 12.1. The molecule has 0 spiro atoms. The van der Waals surface area contributed by atoms with Crippen molar-refractivity contribution >= 4 is 29.5 Å². The van der Waals surface area contributed by atoms with Gasteiger partial charge in [-0.05, 0) is 12.1 Å². The summed E-state index contributed by atoms with van der Waals surface area (Å²) in [4.78, 5) is 37.8. The summed E-state index contributed by atoms with van der Waals surface area (Å²) in [6, 6.07) is 5.10. The van der Waals surface area contributed by atoms with Gasteiger partial charge in [0.05, 0.1) is 38.1 Å². The average Bonchev–Trinajstić information content (AvgIpc) is 2.99. The van der Waals surface area contributed by atoms with E-state index in [0.29, 0.717) is 36.8 Å². The summed E-state index contributed by atoms with van der Waals surface area (Å²) >= 11 is 0. The lowest BCUT2D eigenvalue weighted by atomic mass is 10.2. The highest BCUT2D eigenvalue weighted by Gasteiger charge is 2.33. The summed E-state index contributed by atoms with van der Waals surface area (Å²) in [6.45, 7) is 2.71. The predicted octanol–water partition coefficient (Wildman–Crippen LogP) is 1.11. The van der Waals surface area contributed by atoms with Crippen LogP contribution >= 0.6 is 0 Å². The molecule has 3 amide bonds. The normalized spacial score (nSPS) is 19.0. The highest BCUT2D eigenvalue weighted by molar-refractivity contribution is 5.93. The third-order valence-electron chi connectivity index (χ3n) is 3.97. The van der Waals surface area contributed by atoms with Gasteiger partial charge >= 0.3 is 12.2 Å². The number of nitrogens with zero attached hydrogens (tertiary/aromatic N) is 2. The van der Waals surface area contributed by atoms with Gasteiger partial charge < -0.3 is 19.5 Å². The number of hydrogen-bond acceptors (Lipinski definition) is 6. The van der Waals surface area contributed by atoms with Gasteiger partial charge in [-0.25, -0.2) is 9.59 Å². The fourth-order valence-corrected chi connectivity index (χ4v) is 2.77. The van der Waals surface area contributed by atoms with Crippen LogP contribution in [0.3, 0.4) is 0 Å². The molecule has 1 N–H and O–H groups in total. The van der Waals surface area contributed by atoms with Crippen LogP contribution in [0.25, 0.3) is 0 Å². The summed E-state index contributed by atoms with van der Waals surface area (Å²) in [6.07, 6.45) is -1.37. The molecule has 2 aliphatic rings. The number of cyclic esters (lactones) is 1. The van der Waals surface area contributed by atoms with Crippen LogP contribution < -0.4 is 19.9 Å². The molecule has 25 heavy (non-hydrogen) atoms. The van der Waals surface area contributed by atoms with Crippen molar-refractivity contribution in [3.63, 3.8) is 0 Å². The Balaban J connectivity index is 1.77. The molecule has 0 aliphatic carbocycles. The van der Waals surface area contributed by atoms with Crippen LogP contribution in [0.4, 0.5) is 21.0 Å². The lowest BCUT2D eigenvalue weighted by Crippen LogP contribution is -2.38. The Morgan fingerprint density at radius 3 is 2.92 bits per heavy atom. The minimum absolute atomic E-state index is 0.181. The van der Waals surface area contributed by atoms with E-state index in [1.807, 2.05) is 0 Å². The third kappa shape index (κ3) is 3.44. The lowest BCUT2D eigenvalue weighted by Gasteiger charge is -2.29. The molecule has 0 unspecified atom stereocenters. The molecule has 1 saturated heterocycles. The van der Waals surface area contributed by atoms with Crippen LogP contribution in [0.5, 0.6) is 5.75 Å². The van der Waals surface area contributed by atoms with E-state index in [0.717, 1.165) is 0 Å². The van der Waals surface area contributed by atoms with E-state index in [1.54, 1.807) is 18.2 Å². The zero-order valence-electron chi connectivity index (χ0n) is 14.0. The quantitative estimate of drug-likeness (QED) is 0.878. The van der Waals surface area contributed by atoms with Crippen LogP contribution in [0.15, 0.2) is 18.2 Å². The standard InChI is InChI=1S/C16H19N3O6/c1-10(20)17-8-12-9-19(16(22)25-12)11-3-4-13-14(7-11)24-6-5-18(13)15(21)23-2/h3-4,7,12H,5-6,8-9H2,1-2H3,(H,17,20)/t12-/m0/s1. The molecule has 1 atom stereocenters. The van der Waals surface area contributed by atoms with Crippen LogP contribution in [0, 0.1) is 0 Å². The number of methoxy groups -OCH3 is 1. The summed E-state index contributed by atoms with van der Waals surface area (Å²) in [5.41, 5.74) is 1.19. The monoisotopic (exact) mass is 349 g/mol. The predicted molar refractivity (Wildman–Crippen MR) is 88.0 cm³/mol. The Kier molecular flexibility index (Phi) is 4.64. The van der Waals surface area contributed by atoms with Crippen molar-refractivity contribution in [2.45, 2.75) is 13.0 Å². The SMILES string of the molecule is COC(=O)N1CCOc2cc(N3C[C@H](CNC(C)=O)OC3=O)ccc21. The van der Waals surface area contributed by atoms with Gasteiger partial charge in [0.15, 0.2) is 0 Å². The maximum atomic E-state index is 12.1. The van der Waals surface area contributed by atoms with E-state index in [4.69, 9.17) is 14.2 Å². The summed E-state index contributed by atoms with van der Waals surface area (Å²) in [7, 11) is 1.32. The van der Waals surface area contributed by atoms with Crippen LogP contribution in [0.1, 0.15) is 6.92 Å². The fraction of sp³-hybridized carbons (Fsp3) is 0.438. The minimum Gasteiger partial charge on any atom is -0.489 e. The van der Waals surface area contributed by atoms with Gasteiger partial charge in [-0.15, -0.1) is 0 Å². The van der Waals surface area contributed by atoms with Gasteiger partial charge in [0.25, 0.3) is 0 Å². The first-order valence-electron chi connectivity index (χ1n) is 7.84. The van der Waals surface area contributed by atoms with Crippen molar-refractivity contribution < 1.29 is 28.6 Å². The molecule has 0 bridgehead atoms. The number of ether oxygens (including phenoxy) is 3. The molecule has 0 aromatic heterocycles. The number of nitrogens with one attached hydrogen (secondary N) is 1. The van der Waals surface area contributed by atoms with E-state index in [-0.39, 0.29) is 12.5 Å². The molecule has 0 radical (unpaired) electrons. The van der Waals surface area contributed by atoms with Crippen molar-refractivity contribution in [3.05, 3.63) is 18.2 Å². The average molecular weight is 349 g/mol. The zero-order chi connectivity index (χ0) is 18.0. The van der Waals surface area contributed by atoms with Crippen molar-refractivity contribution in [1.82, 2.24) is 5.32 Å². The lowest BCUT2D eigenvalue weighted by molar-refractivity contribution is -0.119. The van der Waals surface area contributed by atoms with E-state index >= 15 is 0 Å². The summed E-state index contributed by atoms with van der Waals surface area (Å²) in [5.74, 6) is 0.312. The van der Waals surface area contributed by atoms with Crippen LogP contribution in [-0.4, -0.2) is 57.5 Å². The maximum Gasteiger partial charge on any atom is 0.414 e. The van der Waals surface area contributed by atoms with Crippen molar-refractivity contribution in [3.8, 4) is 5.75 Å². The largest absolute Gasteiger partial charge is 0.489 e. The van der Waals surface area contributed by atoms with E-state index in [9.17, 15) is 14.4 Å². The number of carbonyl (C=O) groups is 3. The topological polar surface area (TPSA) is 97.4 Å². The van der Waals surface area contributed by atoms with Crippen LogP contribution in [0.2, 0.25) is 0 Å². The van der Waals surface area contributed by atoms with E-state index in [1.165, 1.54) is 23.8 Å². The molecular formula is C16H19N3O6. The first-order valence-corrected chi connectivity index (χ1v) is 7.84. The first-order chi connectivity index (χ1) is 12.0. The van der Waals surface area contributed by atoms with Gasteiger partial charge in [-0.3, -0.25) is 14.6 Å². The Hall–Kier alpha value is -2.97. The highest BCUT2D eigenvalue weighted by atomic mass is 16.6. The van der Waals surface area contributed by atoms with Crippen LogP contribution in [-0.2, 0) is 14.3 Å². The third-order valence-corrected chi connectivity index (χ3v) is 3.97. The number of benzene rings is 1. The van der Waals surface area contributed by atoms with Gasteiger partial charge in [0.2, 0.25) is 5.91 Å². The number of carbonyl (C=O) groups excluding carboxylic acids is 3. The number of anilines is 2. The van der Waals surface area contributed by atoms with Gasteiger partial charge in [0.1, 0.15) is 18.5 Å². The fourth-order valence-electron chi connectivity index (χ4n) is 2.77. The zero-order valence-corrected chi connectivity index (χ0v) is 14.0. The summed E-state index contributed by atoms with van der Waals surface area (Å²) < 4.78 is 15.6. The van der Waals surface area contributed by atoms with E-state index in [2.05, 4.69) is 5.32 Å². The molecule has 2 aliphatic heterocycles. The molecule has 1 aromatic rings. The number of hydrogen-bond donors (Lipinski definition) is 1. The van der Waals surface area contributed by atoms with Gasteiger partial charge in [0, 0.05) is 13.0 Å². The molecular weight excluding hydrogens is 330 g/mol. The smallest absolute Gasteiger partial charge is 0.414 e. The first kappa shape index (κ1) is 16.9. The Labute approximate surface area is 144 Å². The molecule has 2 heterocycles. The second-order valence-electron chi connectivity index (χ2n) is 5.68. The van der Waals surface area contributed by atoms with Crippen molar-refractivity contribution in [1.29, 1.82) is 0 Å². The molecule has 1 aromatic carbocycles. The second kappa shape index (κ2) is 6.88. The Bertz CT molecular complexity index is 707. The Morgan fingerprint density at radius 1 is 1.40 bits per heavy atom. The molecule has 9 heteroatoms. The molecule has 0 saturated carbocycles. The van der Waals surface area contributed by atoms with E-state index < -0.39 is 18.3 Å². The van der Waals surface area contributed by atoms with Gasteiger partial charge in [-0.2, -0.15) is 0 Å². The number of fused-ring (bicyclic) bond motifs is 1. The molecule has 1 fully saturated rings. The highest BCUT2D eigenvalue weighted by Crippen LogP contribution is 2.36. The van der Waals surface area contributed by atoms with Crippen molar-refractivity contribution in [2.75, 3.05) is 43.2 Å². The second-order valence-corrected chi connectivity index (χ2v) is 5.68. The summed E-state index contributed by atoms with van der Waals surface area (Å²) in [5, 5.41) is 2.63. The Morgan fingerprint density at radius 2 is 2.20 bits per heavy atom. The molecule has 134 valence electrons.